The van der Waals surface area contributed by atoms with Crippen LogP contribution in [0.1, 0.15) is 29.2 Å². The molecule has 3 aromatic heterocycles. The van der Waals surface area contributed by atoms with Crippen molar-refractivity contribution in [2.24, 2.45) is 5.92 Å². The fourth-order valence-electron chi connectivity index (χ4n) is 3.07. The van der Waals surface area contributed by atoms with Crippen molar-refractivity contribution in [2.75, 3.05) is 17.7 Å². The highest BCUT2D eigenvalue weighted by atomic mass is 32.2. The van der Waals surface area contributed by atoms with Crippen LogP contribution in [-0.4, -0.2) is 39.2 Å². The Morgan fingerprint density at radius 1 is 1.21 bits per heavy atom. The van der Waals surface area contributed by atoms with Gasteiger partial charge in [-0.3, -0.25) is 9.59 Å². The van der Waals surface area contributed by atoms with Crippen molar-refractivity contribution in [3.8, 4) is 11.1 Å². The molecule has 0 spiro atoms. The van der Waals surface area contributed by atoms with E-state index in [1.54, 1.807) is 6.92 Å². The predicted molar refractivity (Wildman–Crippen MR) is 137 cm³/mol. The van der Waals surface area contributed by atoms with Gasteiger partial charge in [-0.05, 0) is 18.4 Å². The van der Waals surface area contributed by atoms with Crippen molar-refractivity contribution < 1.29 is 14.3 Å². The van der Waals surface area contributed by atoms with Crippen LogP contribution in [-0.2, 0) is 9.53 Å². The molecule has 0 atom stereocenters. The van der Waals surface area contributed by atoms with Crippen LogP contribution >= 0.6 is 34.4 Å². The third kappa shape index (κ3) is 5.54. The number of H-pyrrole nitrogens is 1. The molecule has 0 fully saturated rings. The number of amides is 1. The van der Waals surface area contributed by atoms with E-state index in [2.05, 4.69) is 20.3 Å². The lowest BCUT2D eigenvalue weighted by Gasteiger charge is -2.05. The van der Waals surface area contributed by atoms with E-state index in [9.17, 15) is 14.4 Å². The van der Waals surface area contributed by atoms with Crippen molar-refractivity contribution in [3.05, 3.63) is 56.6 Å². The zero-order chi connectivity index (χ0) is 24.2. The van der Waals surface area contributed by atoms with Gasteiger partial charge in [0.15, 0.2) is 16.0 Å². The number of carbonyl (C=O) groups excluding carboxylic acids is 2. The Bertz CT molecular complexity index is 1390. The largest absolute Gasteiger partial charge is 0.461 e. The number of carbonyl (C=O) groups is 2. The van der Waals surface area contributed by atoms with E-state index in [4.69, 9.17) is 4.74 Å². The van der Waals surface area contributed by atoms with Gasteiger partial charge >= 0.3 is 5.97 Å². The van der Waals surface area contributed by atoms with Crippen LogP contribution in [0.5, 0.6) is 0 Å². The Morgan fingerprint density at radius 3 is 2.71 bits per heavy atom. The number of aromatic amines is 1. The number of hydrogen-bond acceptors (Lipinski definition) is 9. The zero-order valence-electron chi connectivity index (χ0n) is 18.7. The molecule has 176 valence electrons. The number of hydrogen-bond donors (Lipinski definition) is 2. The topological polar surface area (TPSA) is 114 Å². The van der Waals surface area contributed by atoms with Crippen LogP contribution in [0, 0.1) is 12.8 Å². The van der Waals surface area contributed by atoms with Gasteiger partial charge in [0.05, 0.1) is 17.7 Å². The molecule has 0 saturated carbocycles. The van der Waals surface area contributed by atoms with E-state index in [0.29, 0.717) is 32.0 Å². The second-order valence-corrected chi connectivity index (χ2v) is 10.8. The van der Waals surface area contributed by atoms with E-state index >= 15 is 0 Å². The molecule has 1 aromatic carbocycles. The molecule has 4 rings (SSSR count). The van der Waals surface area contributed by atoms with Gasteiger partial charge in [0.25, 0.3) is 5.56 Å². The normalized spacial score (nSPS) is 11.2. The first-order valence-corrected chi connectivity index (χ1v) is 13.1. The van der Waals surface area contributed by atoms with Gasteiger partial charge < -0.3 is 15.0 Å². The Morgan fingerprint density at radius 2 is 1.97 bits per heavy atom. The number of aryl methyl sites for hydroxylation is 1. The molecule has 0 bridgehead atoms. The summed E-state index contributed by atoms with van der Waals surface area (Å²) in [4.78, 5) is 50.1. The summed E-state index contributed by atoms with van der Waals surface area (Å²) < 4.78 is 5.22. The minimum Gasteiger partial charge on any atom is -0.461 e. The van der Waals surface area contributed by atoms with Crippen molar-refractivity contribution in [2.45, 2.75) is 25.9 Å². The van der Waals surface area contributed by atoms with Gasteiger partial charge in [-0.1, -0.05) is 55.9 Å². The highest BCUT2D eigenvalue weighted by molar-refractivity contribution is 7.99. The van der Waals surface area contributed by atoms with Gasteiger partial charge in [-0.2, -0.15) is 0 Å². The second kappa shape index (κ2) is 10.5. The first kappa shape index (κ1) is 24.1. The van der Waals surface area contributed by atoms with Crippen LogP contribution in [0.4, 0.5) is 5.13 Å². The molecule has 3 heterocycles. The molecule has 0 unspecified atom stereocenters. The number of nitrogens with zero attached hydrogens (tertiary/aromatic N) is 2. The highest BCUT2D eigenvalue weighted by Crippen LogP contribution is 2.31. The number of anilines is 1. The Balaban J connectivity index is 1.41. The third-order valence-electron chi connectivity index (χ3n) is 4.63. The highest BCUT2D eigenvalue weighted by Gasteiger charge is 2.19. The average Bonchev–Trinajstić information content (AvgIpc) is 3.40. The maximum Gasteiger partial charge on any atom is 0.358 e. The number of thiazole rings is 1. The standard InChI is InChI=1S/C23H22N4O4S3/c1-12(2)9-31-21(30)18-13(3)34-23(25-18)24-16(28)11-33-22-26-19(29)17-15(10-32-20(17)27-22)14-7-5-4-6-8-14/h4-8,10,12H,9,11H2,1-3H3,(H,24,25,28)(H,26,27,29). The summed E-state index contributed by atoms with van der Waals surface area (Å²) in [6.45, 7) is 5.96. The maximum absolute atomic E-state index is 12.7. The number of esters is 1. The molecule has 8 nitrogen and oxygen atoms in total. The molecular formula is C23H22N4O4S3. The molecular weight excluding hydrogens is 492 g/mol. The molecule has 0 aliphatic carbocycles. The quantitative estimate of drug-likeness (QED) is 0.194. The van der Waals surface area contributed by atoms with Gasteiger partial charge in [0.1, 0.15) is 4.83 Å². The van der Waals surface area contributed by atoms with Gasteiger partial charge in [0.2, 0.25) is 5.91 Å². The van der Waals surface area contributed by atoms with E-state index in [-0.39, 0.29) is 28.8 Å². The van der Waals surface area contributed by atoms with Crippen molar-refractivity contribution >= 4 is 61.7 Å². The van der Waals surface area contributed by atoms with E-state index in [1.165, 1.54) is 22.7 Å². The monoisotopic (exact) mass is 514 g/mol. The molecule has 0 aliphatic heterocycles. The summed E-state index contributed by atoms with van der Waals surface area (Å²) >= 11 is 3.72. The fourth-order valence-corrected chi connectivity index (χ4v) is 5.55. The lowest BCUT2D eigenvalue weighted by molar-refractivity contribution is -0.113. The van der Waals surface area contributed by atoms with Crippen molar-refractivity contribution in [3.63, 3.8) is 0 Å². The number of nitrogens with one attached hydrogen (secondary N) is 2. The van der Waals surface area contributed by atoms with Crippen LogP contribution < -0.4 is 10.9 Å². The van der Waals surface area contributed by atoms with E-state index < -0.39 is 5.97 Å². The minimum absolute atomic E-state index is 0.0249. The van der Waals surface area contributed by atoms with E-state index in [0.717, 1.165) is 22.9 Å². The van der Waals surface area contributed by atoms with E-state index in [1.807, 2.05) is 49.6 Å². The van der Waals surface area contributed by atoms with Gasteiger partial charge in [0, 0.05) is 15.8 Å². The van der Waals surface area contributed by atoms with Gasteiger partial charge in [-0.25, -0.2) is 14.8 Å². The summed E-state index contributed by atoms with van der Waals surface area (Å²) in [7, 11) is 0. The molecule has 11 heteroatoms. The van der Waals surface area contributed by atoms with Crippen molar-refractivity contribution in [1.82, 2.24) is 15.0 Å². The smallest absolute Gasteiger partial charge is 0.358 e. The van der Waals surface area contributed by atoms with Crippen molar-refractivity contribution in [1.29, 1.82) is 0 Å². The maximum atomic E-state index is 12.7. The lowest BCUT2D eigenvalue weighted by Crippen LogP contribution is -2.16. The van der Waals surface area contributed by atoms with Crippen LogP contribution in [0.3, 0.4) is 0 Å². The summed E-state index contributed by atoms with van der Waals surface area (Å²) in [6, 6.07) is 9.66. The minimum atomic E-state index is -0.502. The summed E-state index contributed by atoms with van der Waals surface area (Å²) in [5.41, 5.74) is 1.75. The third-order valence-corrected chi connectivity index (χ3v) is 7.26. The number of fused-ring (bicyclic) bond motifs is 1. The summed E-state index contributed by atoms with van der Waals surface area (Å²) in [5, 5.41) is 5.83. The van der Waals surface area contributed by atoms with Crippen LogP contribution in [0.2, 0.25) is 0 Å². The zero-order valence-corrected chi connectivity index (χ0v) is 21.2. The number of thiophene rings is 1. The molecule has 0 radical (unpaired) electrons. The molecule has 4 aromatic rings. The Kier molecular flexibility index (Phi) is 7.44. The fraction of sp³-hybridized carbons (Fsp3) is 0.261. The molecule has 0 aliphatic rings. The Hall–Kier alpha value is -3.02. The number of thioether (sulfide) groups is 1. The number of aromatic nitrogens is 3. The lowest BCUT2D eigenvalue weighted by atomic mass is 10.1. The SMILES string of the molecule is Cc1sc(NC(=O)CSc2nc3scc(-c4ccccc4)c3c(=O)[nH]2)nc1C(=O)OCC(C)C. The van der Waals surface area contributed by atoms with Crippen LogP contribution in [0.15, 0.2) is 45.7 Å². The molecule has 1 amide bonds. The van der Waals surface area contributed by atoms with Gasteiger partial charge in [-0.15, -0.1) is 22.7 Å². The predicted octanol–water partition coefficient (Wildman–Crippen LogP) is 4.96. The Labute approximate surface area is 207 Å². The first-order chi connectivity index (χ1) is 16.3. The first-order valence-electron chi connectivity index (χ1n) is 10.5. The number of benzene rings is 1. The number of rotatable bonds is 8. The molecule has 34 heavy (non-hydrogen) atoms. The van der Waals surface area contributed by atoms with Crippen LogP contribution in [0.25, 0.3) is 21.3 Å². The second-order valence-electron chi connectivity index (χ2n) is 7.82. The molecule has 2 N–H and O–H groups in total. The number of ether oxygens (including phenoxy) is 1. The summed E-state index contributed by atoms with van der Waals surface area (Å²) in [6.07, 6.45) is 0. The summed E-state index contributed by atoms with van der Waals surface area (Å²) in [5.74, 6) is -0.577. The molecule has 0 saturated heterocycles. The average molecular weight is 515 g/mol.